The highest BCUT2D eigenvalue weighted by Gasteiger charge is 2.30. The number of halogens is 2. The number of hydrogen-bond donors (Lipinski definition) is 1. The average molecular weight is 333 g/mol. The van der Waals surface area contributed by atoms with Crippen LogP contribution in [-0.4, -0.2) is 36.0 Å². The number of benzene rings is 1. The third-order valence-corrected chi connectivity index (χ3v) is 3.71. The molecule has 6 heteroatoms. The van der Waals surface area contributed by atoms with Gasteiger partial charge in [0.25, 0.3) is 0 Å². The Kier molecular flexibility index (Phi) is 7.29. The lowest BCUT2D eigenvalue weighted by atomic mass is 10.1. The van der Waals surface area contributed by atoms with Gasteiger partial charge in [0.2, 0.25) is 5.91 Å². The molecule has 2 N–H and O–H groups in total. The van der Waals surface area contributed by atoms with Crippen LogP contribution in [0.15, 0.2) is 24.3 Å². The largest absolute Gasteiger partial charge is 0.488 e. The van der Waals surface area contributed by atoms with E-state index in [2.05, 4.69) is 0 Å². The van der Waals surface area contributed by atoms with Crippen LogP contribution in [0.1, 0.15) is 26.2 Å². The van der Waals surface area contributed by atoms with Gasteiger partial charge >= 0.3 is 0 Å². The fraction of sp³-hybridized carbons (Fsp3) is 0.533. The molecule has 0 spiro atoms. The number of ether oxygens (including phenoxy) is 1. The first kappa shape index (κ1) is 18.1. The predicted molar refractivity (Wildman–Crippen MR) is 87.2 cm³/mol. The molecule has 4 nitrogen and oxygen atoms in total. The summed E-state index contributed by atoms with van der Waals surface area (Å²) in [6.07, 6.45) is 2.50. The third kappa shape index (κ3) is 5.06. The summed E-state index contributed by atoms with van der Waals surface area (Å²) in [7, 11) is 0. The van der Waals surface area contributed by atoms with Gasteiger partial charge in [-0.2, -0.15) is 0 Å². The highest BCUT2D eigenvalue weighted by molar-refractivity contribution is 6.30. The minimum atomic E-state index is -0.384. The molecule has 0 saturated carbocycles. The Morgan fingerprint density at radius 2 is 2.33 bits per heavy atom. The Balaban J connectivity index is 0.00000220. The van der Waals surface area contributed by atoms with E-state index in [-0.39, 0.29) is 30.5 Å². The molecule has 0 aromatic heterocycles. The van der Waals surface area contributed by atoms with Gasteiger partial charge < -0.3 is 15.4 Å². The fourth-order valence-electron chi connectivity index (χ4n) is 2.43. The molecule has 1 aliphatic rings. The van der Waals surface area contributed by atoms with Gasteiger partial charge in [0.05, 0.1) is 12.6 Å². The van der Waals surface area contributed by atoms with E-state index in [0.717, 1.165) is 25.0 Å². The summed E-state index contributed by atoms with van der Waals surface area (Å²) >= 11 is 5.92. The van der Waals surface area contributed by atoms with Crippen molar-refractivity contribution in [3.8, 4) is 5.75 Å². The van der Waals surface area contributed by atoms with Crippen LogP contribution in [0.25, 0.3) is 0 Å². The van der Waals surface area contributed by atoms with Crippen molar-refractivity contribution in [2.75, 3.05) is 13.1 Å². The summed E-state index contributed by atoms with van der Waals surface area (Å²) in [5, 5.41) is 0.651. The minimum Gasteiger partial charge on any atom is -0.488 e. The summed E-state index contributed by atoms with van der Waals surface area (Å²) in [4.78, 5) is 13.9. The lowest BCUT2D eigenvalue weighted by Gasteiger charge is -2.20. The Labute approximate surface area is 137 Å². The van der Waals surface area contributed by atoms with Gasteiger partial charge in [-0.15, -0.1) is 12.4 Å². The maximum atomic E-state index is 12.1. The first-order valence-corrected chi connectivity index (χ1v) is 7.44. The summed E-state index contributed by atoms with van der Waals surface area (Å²) in [6, 6.07) is 6.94. The smallest absolute Gasteiger partial charge is 0.239 e. The highest BCUT2D eigenvalue weighted by atomic mass is 35.5. The molecule has 0 radical (unpaired) electrons. The molecule has 21 heavy (non-hydrogen) atoms. The molecule has 0 bridgehead atoms. The molecular formula is C15H22Cl2N2O2. The first-order valence-electron chi connectivity index (χ1n) is 7.06. The SMILES string of the molecule is CCCC(N)C(=O)N1CCC(Oc2cccc(Cl)c2)C1.Cl. The van der Waals surface area contributed by atoms with Crippen LogP contribution in [0.2, 0.25) is 5.02 Å². The Bertz CT molecular complexity index is 471. The number of carbonyl (C=O) groups is 1. The van der Waals surface area contributed by atoms with Crippen LogP contribution in [-0.2, 0) is 4.79 Å². The number of amides is 1. The minimum absolute atomic E-state index is 0. The van der Waals surface area contributed by atoms with Crippen molar-refractivity contribution < 1.29 is 9.53 Å². The molecule has 0 aliphatic carbocycles. The molecule has 1 amide bonds. The Morgan fingerprint density at radius 1 is 1.57 bits per heavy atom. The second-order valence-electron chi connectivity index (χ2n) is 5.17. The lowest BCUT2D eigenvalue weighted by Crippen LogP contribution is -2.43. The summed E-state index contributed by atoms with van der Waals surface area (Å²) in [6.45, 7) is 3.34. The van der Waals surface area contributed by atoms with E-state index < -0.39 is 0 Å². The van der Waals surface area contributed by atoms with Gasteiger partial charge in [-0.3, -0.25) is 4.79 Å². The van der Waals surface area contributed by atoms with Crippen LogP contribution >= 0.6 is 24.0 Å². The number of rotatable bonds is 5. The molecular weight excluding hydrogens is 311 g/mol. The molecule has 2 atom stereocenters. The molecule has 1 aromatic rings. The molecule has 2 rings (SSSR count). The lowest BCUT2D eigenvalue weighted by molar-refractivity contribution is -0.132. The van der Waals surface area contributed by atoms with Crippen LogP contribution < -0.4 is 10.5 Å². The summed E-state index contributed by atoms with van der Waals surface area (Å²) in [5.74, 6) is 0.777. The maximum absolute atomic E-state index is 12.1. The molecule has 2 unspecified atom stereocenters. The third-order valence-electron chi connectivity index (χ3n) is 3.47. The van der Waals surface area contributed by atoms with Crippen molar-refractivity contribution in [1.29, 1.82) is 0 Å². The van der Waals surface area contributed by atoms with E-state index in [0.29, 0.717) is 18.1 Å². The van der Waals surface area contributed by atoms with Crippen LogP contribution in [0.3, 0.4) is 0 Å². The number of likely N-dealkylation sites (tertiary alicyclic amines) is 1. The van der Waals surface area contributed by atoms with Crippen molar-refractivity contribution in [1.82, 2.24) is 4.90 Å². The zero-order valence-electron chi connectivity index (χ0n) is 12.1. The van der Waals surface area contributed by atoms with Crippen LogP contribution in [0.5, 0.6) is 5.75 Å². The summed E-state index contributed by atoms with van der Waals surface area (Å²) in [5.41, 5.74) is 5.88. The van der Waals surface area contributed by atoms with Gasteiger partial charge in [-0.05, 0) is 24.6 Å². The first-order chi connectivity index (χ1) is 9.60. The van der Waals surface area contributed by atoms with E-state index in [1.165, 1.54) is 0 Å². The van der Waals surface area contributed by atoms with Crippen LogP contribution in [0.4, 0.5) is 0 Å². The van der Waals surface area contributed by atoms with Gasteiger partial charge in [0, 0.05) is 18.0 Å². The molecule has 1 heterocycles. The molecule has 1 saturated heterocycles. The quantitative estimate of drug-likeness (QED) is 0.901. The number of carbonyl (C=O) groups excluding carboxylic acids is 1. The normalized spacial score (nSPS) is 19.0. The Hall–Kier alpha value is -0.970. The van der Waals surface area contributed by atoms with Crippen molar-refractivity contribution in [2.24, 2.45) is 5.73 Å². The van der Waals surface area contributed by atoms with Gasteiger partial charge in [-0.1, -0.05) is 31.0 Å². The van der Waals surface area contributed by atoms with Crippen molar-refractivity contribution in [2.45, 2.75) is 38.3 Å². The second-order valence-corrected chi connectivity index (χ2v) is 5.60. The molecule has 1 aliphatic heterocycles. The predicted octanol–water partition coefficient (Wildman–Crippen LogP) is 2.87. The van der Waals surface area contributed by atoms with Crippen LogP contribution in [0, 0.1) is 0 Å². The molecule has 1 fully saturated rings. The highest BCUT2D eigenvalue weighted by Crippen LogP contribution is 2.22. The topological polar surface area (TPSA) is 55.6 Å². The van der Waals surface area contributed by atoms with Gasteiger partial charge in [0.1, 0.15) is 11.9 Å². The van der Waals surface area contributed by atoms with Gasteiger partial charge in [-0.25, -0.2) is 0 Å². The van der Waals surface area contributed by atoms with E-state index >= 15 is 0 Å². The van der Waals surface area contributed by atoms with E-state index in [4.69, 9.17) is 22.1 Å². The van der Waals surface area contributed by atoms with Crippen molar-refractivity contribution in [3.05, 3.63) is 29.3 Å². The average Bonchev–Trinajstić information content (AvgIpc) is 2.86. The van der Waals surface area contributed by atoms with E-state index in [9.17, 15) is 4.79 Å². The Morgan fingerprint density at radius 3 is 3.00 bits per heavy atom. The van der Waals surface area contributed by atoms with E-state index in [1.54, 1.807) is 11.0 Å². The number of hydrogen-bond acceptors (Lipinski definition) is 3. The van der Waals surface area contributed by atoms with Crippen molar-refractivity contribution >= 4 is 29.9 Å². The monoisotopic (exact) mass is 332 g/mol. The fourth-order valence-corrected chi connectivity index (χ4v) is 2.61. The zero-order chi connectivity index (χ0) is 14.5. The number of nitrogens with two attached hydrogens (primary N) is 1. The van der Waals surface area contributed by atoms with E-state index in [1.807, 2.05) is 25.1 Å². The molecule has 1 aromatic carbocycles. The van der Waals surface area contributed by atoms with Crippen molar-refractivity contribution in [3.63, 3.8) is 0 Å². The molecule has 118 valence electrons. The maximum Gasteiger partial charge on any atom is 0.239 e. The second kappa shape index (κ2) is 8.47. The van der Waals surface area contributed by atoms with Gasteiger partial charge in [0.15, 0.2) is 0 Å². The zero-order valence-corrected chi connectivity index (χ0v) is 13.7. The summed E-state index contributed by atoms with van der Waals surface area (Å²) < 4.78 is 5.86. The number of nitrogens with zero attached hydrogens (tertiary/aromatic N) is 1. The standard InChI is InChI=1S/C15H21ClN2O2.ClH/c1-2-4-14(17)15(19)18-8-7-13(10-18)20-12-6-3-5-11(16)9-12;/h3,5-6,9,13-14H,2,4,7-8,10,17H2,1H3;1H.